The molecule has 2 saturated heterocycles. The summed E-state index contributed by atoms with van der Waals surface area (Å²) in [6.45, 7) is 0.273. The molecule has 780 valence electrons. The Hall–Kier alpha value is -18.1. The Morgan fingerprint density at radius 1 is 0.423 bits per heavy atom. The van der Waals surface area contributed by atoms with E-state index in [1.54, 1.807) is 146 Å². The summed E-state index contributed by atoms with van der Waals surface area (Å²) in [6, 6.07) is 23.2. The number of aromatic amines is 4. The number of aliphatic carboxylic acids is 1. The van der Waals surface area contributed by atoms with E-state index >= 15 is 33.6 Å². The number of aliphatic hydroxyl groups excluding tert-OH is 1. The van der Waals surface area contributed by atoms with E-state index in [9.17, 15) is 78.0 Å². The highest BCUT2D eigenvalue weighted by molar-refractivity contribution is 6.04. The topological polar surface area (TPSA) is 717 Å². The number of nitrogens with one attached hydrogen (secondary N) is 19. The first kappa shape index (κ1) is 108. The zero-order valence-electron chi connectivity index (χ0n) is 80.8. The Labute approximate surface area is 850 Å². The van der Waals surface area contributed by atoms with Gasteiger partial charge in [-0.1, -0.05) is 140 Å². The second-order valence-electron chi connectivity index (χ2n) is 36.4. The number of aliphatic hydroxyl groups is 1. The number of aromatic hydroxyl groups is 2. The number of phenols is 2. The minimum Gasteiger partial charge on any atom is -0.508 e. The summed E-state index contributed by atoms with van der Waals surface area (Å²) in [7, 11) is 0. The number of benzene rings is 7. The lowest BCUT2D eigenvalue weighted by Crippen LogP contribution is -2.62. The SMILES string of the molecule is C[C@@H]1NC(=O)[C@H]([C@@H](C)O)NC(=O)CNC(=O)[C@H](Cc2cnc[nH]2)NC(=O)[C@H](Cc2c[nH]c3ccccc23)NC(=O)[C@H](CC(N)=O)NC(=O)CNC(=O)C[C@@H](C(=O)N[C@@H](Cc2c[nH]c3ccccc23)C(=O)N[C@@H](Cc2ccccc2)C(=O)N[C@@H](Cc2ccccc2)C(=O)N[C@@H](CC(N)=O)C(=O)N[C@@H](Cc2ccc(O)cc2)C(=O)N[C@@H](Cc2ccc(O)cc2)C(=O)N[C@H](Cc2c[nH]c3ccccc23)C(=O)O)NC(=O)[C@@H]2CCCN2C1=O. The summed E-state index contributed by atoms with van der Waals surface area (Å²) in [5.41, 5.74) is 16.4. The third kappa shape index (κ3) is 30.3. The quantitative estimate of drug-likeness (QED) is 0.0196. The number of carboxylic acid groups (broad SMARTS) is 1. The molecule has 0 aliphatic carbocycles. The van der Waals surface area contributed by atoms with E-state index < -0.39 is 255 Å². The number of imidazole rings is 1. The van der Waals surface area contributed by atoms with Gasteiger partial charge >= 0.3 is 5.97 Å². The van der Waals surface area contributed by atoms with Crippen LogP contribution in [0.3, 0.4) is 0 Å². The van der Waals surface area contributed by atoms with Crippen molar-refractivity contribution >= 4 is 145 Å². The summed E-state index contributed by atoms with van der Waals surface area (Å²) in [6.07, 6.45) is -0.277. The summed E-state index contributed by atoms with van der Waals surface area (Å²) in [5, 5.41) is 81.7. The molecular formula is C103H115N23O23. The highest BCUT2D eigenvalue weighted by Crippen LogP contribution is 2.27. The molecule has 0 saturated carbocycles. The van der Waals surface area contributed by atoms with Gasteiger partial charge < -0.3 is 136 Å². The van der Waals surface area contributed by atoms with Crippen LogP contribution < -0.4 is 91.2 Å². The lowest BCUT2D eigenvalue weighted by Gasteiger charge is -2.30. The summed E-state index contributed by atoms with van der Waals surface area (Å²) in [5.74, 6) is -21.9. The molecule has 46 nitrogen and oxygen atoms in total. The average molecular weight is 2040 g/mol. The lowest BCUT2D eigenvalue weighted by atomic mass is 10.00. The molecule has 4 aromatic heterocycles. The normalized spacial score (nSPS) is 19.1. The number of H-pyrrole nitrogens is 4. The average Bonchev–Trinajstić information content (AvgIpc) is 1.73. The first-order valence-electron chi connectivity index (χ1n) is 47.9. The van der Waals surface area contributed by atoms with E-state index in [-0.39, 0.29) is 63.0 Å². The molecule has 13 rings (SSSR count). The molecule has 27 N–H and O–H groups in total. The molecule has 149 heavy (non-hydrogen) atoms. The number of carbonyl (C=O) groups is 19. The van der Waals surface area contributed by atoms with Gasteiger partial charge in [0, 0.05) is 121 Å². The predicted molar refractivity (Wildman–Crippen MR) is 535 cm³/mol. The number of nitrogens with two attached hydrogens (primary N) is 2. The zero-order valence-corrected chi connectivity index (χ0v) is 80.8. The zero-order chi connectivity index (χ0) is 107. The molecule has 0 bridgehead atoms. The van der Waals surface area contributed by atoms with Gasteiger partial charge in [-0.25, -0.2) is 9.78 Å². The molecule has 2 aliphatic rings. The molecule has 2 fully saturated rings. The van der Waals surface area contributed by atoms with Gasteiger partial charge in [-0.05, 0) is 108 Å². The number of carbonyl (C=O) groups excluding carboxylic acids is 18. The minimum absolute atomic E-state index is 0.115. The number of nitrogens with zero attached hydrogens (tertiary/aromatic N) is 2. The highest BCUT2D eigenvalue weighted by atomic mass is 16.4. The van der Waals surface area contributed by atoms with Crippen molar-refractivity contribution in [3.8, 4) is 11.5 Å². The number of phenolic OH excluding ortho intramolecular Hbond substituents is 2. The van der Waals surface area contributed by atoms with E-state index in [0.29, 0.717) is 77.3 Å². The van der Waals surface area contributed by atoms with Crippen molar-refractivity contribution in [1.29, 1.82) is 0 Å². The fraction of sp³-hybridized carbons (Fsp3) is 0.320. The van der Waals surface area contributed by atoms with E-state index in [0.717, 1.165) is 11.8 Å². The molecule has 18 amide bonds. The van der Waals surface area contributed by atoms with Crippen molar-refractivity contribution in [2.24, 2.45) is 11.5 Å². The van der Waals surface area contributed by atoms with Crippen LogP contribution in [0, 0.1) is 0 Å². The van der Waals surface area contributed by atoms with Crippen molar-refractivity contribution in [3.05, 3.63) is 258 Å². The van der Waals surface area contributed by atoms with Crippen LogP contribution in [0.25, 0.3) is 32.7 Å². The van der Waals surface area contributed by atoms with Gasteiger partial charge in [-0.15, -0.1) is 0 Å². The number of amides is 18. The molecule has 6 heterocycles. The number of hydrogen-bond acceptors (Lipinski definition) is 23. The van der Waals surface area contributed by atoms with Crippen molar-refractivity contribution in [2.75, 3.05) is 19.6 Å². The predicted octanol–water partition coefficient (Wildman–Crippen LogP) is -2.33. The Morgan fingerprint density at radius 2 is 0.846 bits per heavy atom. The van der Waals surface area contributed by atoms with Crippen LogP contribution in [-0.2, 0) is 142 Å². The monoisotopic (exact) mass is 2040 g/mol. The van der Waals surface area contributed by atoms with Crippen LogP contribution in [-0.4, -0.2) is 273 Å². The molecule has 0 spiro atoms. The van der Waals surface area contributed by atoms with Gasteiger partial charge in [0.05, 0.1) is 44.8 Å². The first-order chi connectivity index (χ1) is 71.4. The van der Waals surface area contributed by atoms with Gasteiger partial charge in [-0.3, -0.25) is 86.3 Å². The number of para-hydroxylation sites is 3. The van der Waals surface area contributed by atoms with E-state index in [2.05, 4.69) is 105 Å². The summed E-state index contributed by atoms with van der Waals surface area (Å²) >= 11 is 0. The largest absolute Gasteiger partial charge is 0.508 e. The maximum atomic E-state index is 15.9. The Balaban J connectivity index is 0.784. The molecule has 46 heteroatoms. The molecule has 7 aromatic carbocycles. The second kappa shape index (κ2) is 50.9. The van der Waals surface area contributed by atoms with Crippen LogP contribution in [0.15, 0.2) is 213 Å². The van der Waals surface area contributed by atoms with E-state index in [1.807, 2.05) is 0 Å². The maximum Gasteiger partial charge on any atom is 0.326 e. The fourth-order valence-electron chi connectivity index (χ4n) is 17.5. The third-order valence-corrected chi connectivity index (χ3v) is 25.3. The third-order valence-electron chi connectivity index (χ3n) is 25.3. The number of hydrogen-bond donors (Lipinski definition) is 25. The minimum atomic E-state index is -2.11. The second-order valence-corrected chi connectivity index (χ2v) is 36.4. The van der Waals surface area contributed by atoms with Crippen LogP contribution >= 0.6 is 0 Å². The number of rotatable bonds is 36. The molecule has 2 aliphatic heterocycles. The van der Waals surface area contributed by atoms with Crippen molar-refractivity contribution in [1.82, 2.24) is 110 Å². The Morgan fingerprint density at radius 3 is 1.32 bits per heavy atom. The number of primary amides is 2. The fourth-order valence-corrected chi connectivity index (χ4v) is 17.5. The lowest BCUT2D eigenvalue weighted by molar-refractivity contribution is -0.143. The van der Waals surface area contributed by atoms with Gasteiger partial charge in [0.2, 0.25) is 106 Å². The van der Waals surface area contributed by atoms with Gasteiger partial charge in [0.1, 0.15) is 96.1 Å². The Bertz CT molecular complexity index is 6740. The van der Waals surface area contributed by atoms with Crippen molar-refractivity contribution in [3.63, 3.8) is 0 Å². The molecular weight excluding hydrogens is 1930 g/mol. The number of fused-ring (bicyclic) bond motifs is 4. The number of aromatic nitrogens is 5. The van der Waals surface area contributed by atoms with Gasteiger partial charge in [0.15, 0.2) is 0 Å². The summed E-state index contributed by atoms with van der Waals surface area (Å²) < 4.78 is 0. The van der Waals surface area contributed by atoms with Crippen LogP contribution in [0.2, 0.25) is 0 Å². The molecule has 11 aromatic rings. The van der Waals surface area contributed by atoms with Crippen LogP contribution in [0.4, 0.5) is 0 Å². The van der Waals surface area contributed by atoms with Crippen molar-refractivity contribution < 1.29 is 112 Å². The maximum absolute atomic E-state index is 15.9. The molecule has 15 atom stereocenters. The standard InChI is InChI=1S/C103H115N23O23/c1-54-102(147)126-35-15-26-83(126)100(145)123-81(46-86(132)110-51-87(133)114-79(44-84(104)130)97(142)119-77(41-61-48-108-70-24-13-10-21-67(61)70)96(141)121-78(43-63-50-106-53-112-63)90(135)111-52-88(134)125-89(55(2)127)101(146)113-54)99(144)120-76(40-60-47-107-69-23-12-9-20-66(60)69)95(140)117-72(36-56-16-5-3-6-17-56)91(136)115-73(37-57-18-7-4-8-19-57)93(138)122-80(45-85(105)131)98(143)118-74(38-58-27-31-64(128)32-28-58)92(137)116-75(39-59-29-33-65(129)34-30-59)94(139)124-82(103(148)149)42-62-49-109-71-25-14-11-22-68(62)71/h3-14,16-25,27-34,47-50,53-55,72-83,89,107-109,127-129H,15,26,35-46,51-52H2,1-2H3,(H2,104,130)(H2,105,131)(H,106,112)(H,110,132)(H,111,135)(H,113,146)(H,114,133)(H,115,136)(H,116,137)(H,117,140)(H,118,143)(H,119,142)(H,120,144)(H,121,141)(H,122,138)(H,123,145)(H,124,139)(H,125,134)(H,148,149)/t54-,55+,72-,73-,74-,75-,76-,77-,78-,79-,80-,81-,82+,83-,89-/m0/s1. The first-order valence-corrected chi connectivity index (χ1v) is 47.9. The van der Waals surface area contributed by atoms with Crippen LogP contribution in [0.1, 0.15) is 90.6 Å². The molecule has 0 radical (unpaired) electrons. The van der Waals surface area contributed by atoms with E-state index in [1.165, 1.54) is 74.2 Å². The van der Waals surface area contributed by atoms with Gasteiger partial charge in [0.25, 0.3) is 0 Å². The molecule has 0 unspecified atom stereocenters. The smallest absolute Gasteiger partial charge is 0.326 e. The van der Waals surface area contributed by atoms with Crippen molar-refractivity contribution in [2.45, 2.75) is 188 Å². The van der Waals surface area contributed by atoms with Crippen LogP contribution in [0.5, 0.6) is 11.5 Å². The van der Waals surface area contributed by atoms with Gasteiger partial charge in [-0.2, -0.15) is 0 Å². The highest BCUT2D eigenvalue weighted by Gasteiger charge is 2.43. The van der Waals surface area contributed by atoms with E-state index in [4.69, 9.17) is 11.5 Å². The number of carboxylic acids is 1. The summed E-state index contributed by atoms with van der Waals surface area (Å²) in [4.78, 5) is 294. The Kier molecular flexibility index (Phi) is 36.9.